The van der Waals surface area contributed by atoms with Crippen LogP contribution in [0.25, 0.3) is 11.4 Å². The predicted molar refractivity (Wildman–Crippen MR) is 77.4 cm³/mol. The van der Waals surface area contributed by atoms with Gasteiger partial charge >= 0.3 is 0 Å². The molecule has 0 spiro atoms. The lowest BCUT2D eigenvalue weighted by molar-refractivity contribution is 0.475. The van der Waals surface area contributed by atoms with Gasteiger partial charge in [-0.25, -0.2) is 9.97 Å². The second-order valence-corrected chi connectivity index (χ2v) is 4.40. The minimum Gasteiger partial charge on any atom is -0.508 e. The summed E-state index contributed by atoms with van der Waals surface area (Å²) in [6.07, 6.45) is 0.873. The van der Waals surface area contributed by atoms with E-state index < -0.39 is 0 Å². The molecule has 0 unspecified atom stereocenters. The van der Waals surface area contributed by atoms with E-state index in [9.17, 15) is 5.11 Å². The van der Waals surface area contributed by atoms with Gasteiger partial charge in [0.25, 0.3) is 0 Å². The van der Waals surface area contributed by atoms with Crippen molar-refractivity contribution in [3.05, 3.63) is 35.5 Å². The number of phenolic OH excluding ortho intramolecular Hbond substituents is 1. The zero-order valence-electron chi connectivity index (χ0n) is 11.6. The molecule has 0 fully saturated rings. The Labute approximate surface area is 113 Å². The van der Waals surface area contributed by atoms with Crippen molar-refractivity contribution in [1.29, 1.82) is 0 Å². The Balaban J connectivity index is 2.51. The van der Waals surface area contributed by atoms with Crippen LogP contribution >= 0.6 is 0 Å². The van der Waals surface area contributed by atoms with Gasteiger partial charge in [0.1, 0.15) is 11.6 Å². The number of phenols is 1. The lowest BCUT2D eigenvalue weighted by Crippen LogP contribution is -2.07. The van der Waals surface area contributed by atoms with Crippen molar-refractivity contribution >= 4 is 5.82 Å². The van der Waals surface area contributed by atoms with Crippen LogP contribution in [0.5, 0.6) is 5.75 Å². The first-order chi connectivity index (χ1) is 9.15. The Morgan fingerprint density at radius 1 is 1.11 bits per heavy atom. The van der Waals surface area contributed by atoms with E-state index in [1.165, 1.54) is 0 Å². The van der Waals surface area contributed by atoms with Crippen LogP contribution < -0.4 is 5.32 Å². The van der Waals surface area contributed by atoms with Gasteiger partial charge < -0.3 is 10.4 Å². The summed E-state index contributed by atoms with van der Waals surface area (Å²) in [5, 5.41) is 12.6. The summed E-state index contributed by atoms with van der Waals surface area (Å²) >= 11 is 0. The maximum atomic E-state index is 9.33. The summed E-state index contributed by atoms with van der Waals surface area (Å²) in [5.41, 5.74) is 3.06. The predicted octanol–water partition coefficient (Wildman–Crippen LogP) is 3.15. The van der Waals surface area contributed by atoms with Gasteiger partial charge in [0.05, 0.1) is 0 Å². The molecule has 1 heterocycles. The molecule has 4 nitrogen and oxygen atoms in total. The topological polar surface area (TPSA) is 58.0 Å². The lowest BCUT2D eigenvalue weighted by Gasteiger charge is -2.12. The maximum Gasteiger partial charge on any atom is 0.161 e. The normalized spacial score (nSPS) is 10.5. The number of nitrogens with zero attached hydrogens (tertiary/aromatic N) is 2. The van der Waals surface area contributed by atoms with Crippen molar-refractivity contribution in [3.63, 3.8) is 0 Å². The molecule has 19 heavy (non-hydrogen) atoms. The second-order valence-electron chi connectivity index (χ2n) is 4.40. The van der Waals surface area contributed by atoms with Crippen molar-refractivity contribution < 1.29 is 5.11 Å². The number of nitrogens with one attached hydrogen (secondary N) is 1. The number of hydrogen-bond donors (Lipinski definition) is 2. The molecule has 100 valence electrons. The van der Waals surface area contributed by atoms with Crippen LogP contribution in [0.2, 0.25) is 0 Å². The number of aromatic nitrogens is 2. The van der Waals surface area contributed by atoms with Gasteiger partial charge in [0.15, 0.2) is 5.82 Å². The molecule has 2 rings (SSSR count). The highest BCUT2D eigenvalue weighted by Gasteiger charge is 2.10. The number of hydrogen-bond acceptors (Lipinski definition) is 4. The monoisotopic (exact) mass is 257 g/mol. The summed E-state index contributed by atoms with van der Waals surface area (Å²) in [6.45, 7) is 7.01. The first-order valence-corrected chi connectivity index (χ1v) is 6.56. The van der Waals surface area contributed by atoms with E-state index in [0.717, 1.165) is 35.6 Å². The molecule has 1 aromatic carbocycles. The average molecular weight is 257 g/mol. The molecule has 0 amide bonds. The fourth-order valence-corrected chi connectivity index (χ4v) is 1.99. The van der Waals surface area contributed by atoms with E-state index in [2.05, 4.69) is 22.2 Å². The molecule has 0 aliphatic carbocycles. The summed E-state index contributed by atoms with van der Waals surface area (Å²) < 4.78 is 0. The first-order valence-electron chi connectivity index (χ1n) is 6.56. The number of aromatic hydroxyl groups is 1. The third-order valence-electron chi connectivity index (χ3n) is 3.05. The molecule has 2 N–H and O–H groups in total. The van der Waals surface area contributed by atoms with Crippen molar-refractivity contribution in [1.82, 2.24) is 9.97 Å². The molecular formula is C15H19N3O. The largest absolute Gasteiger partial charge is 0.508 e. The SMILES string of the molecule is CCNc1nc(-c2ccc(O)cc2)nc(CC)c1C. The Morgan fingerprint density at radius 2 is 1.79 bits per heavy atom. The fourth-order valence-electron chi connectivity index (χ4n) is 1.99. The summed E-state index contributed by atoms with van der Waals surface area (Å²) in [5.74, 6) is 1.83. The molecular weight excluding hydrogens is 238 g/mol. The van der Waals surface area contributed by atoms with Gasteiger partial charge in [-0.15, -0.1) is 0 Å². The number of benzene rings is 1. The molecule has 0 atom stereocenters. The summed E-state index contributed by atoms with van der Waals surface area (Å²) in [7, 11) is 0. The highest BCUT2D eigenvalue weighted by atomic mass is 16.3. The minimum atomic E-state index is 0.249. The summed E-state index contributed by atoms with van der Waals surface area (Å²) in [6, 6.07) is 6.96. The fraction of sp³-hybridized carbons (Fsp3) is 0.333. The van der Waals surface area contributed by atoms with Crippen LogP contribution in [0.3, 0.4) is 0 Å². The number of anilines is 1. The van der Waals surface area contributed by atoms with Gasteiger partial charge in [-0.3, -0.25) is 0 Å². The van der Waals surface area contributed by atoms with Crippen LogP contribution in [0.1, 0.15) is 25.1 Å². The standard InChI is InChI=1S/C15H19N3O/c1-4-13-10(3)14(16-5-2)18-15(17-13)11-6-8-12(19)9-7-11/h6-9,19H,4-5H2,1-3H3,(H,16,17,18). The van der Waals surface area contributed by atoms with Gasteiger partial charge in [0, 0.05) is 23.4 Å². The average Bonchev–Trinajstić information content (AvgIpc) is 2.42. The zero-order chi connectivity index (χ0) is 13.8. The highest BCUT2D eigenvalue weighted by molar-refractivity contribution is 5.60. The molecule has 0 saturated carbocycles. The van der Waals surface area contributed by atoms with Crippen molar-refractivity contribution in [2.45, 2.75) is 27.2 Å². The minimum absolute atomic E-state index is 0.249. The molecule has 2 aromatic rings. The van der Waals surface area contributed by atoms with Crippen LogP contribution in [0.15, 0.2) is 24.3 Å². The number of aryl methyl sites for hydroxylation is 1. The molecule has 4 heteroatoms. The maximum absolute atomic E-state index is 9.33. The van der Waals surface area contributed by atoms with Crippen LogP contribution in [-0.2, 0) is 6.42 Å². The molecule has 0 bridgehead atoms. The van der Waals surface area contributed by atoms with E-state index in [4.69, 9.17) is 0 Å². The van der Waals surface area contributed by atoms with E-state index >= 15 is 0 Å². The second kappa shape index (κ2) is 5.69. The Hall–Kier alpha value is -2.10. The molecule has 0 aliphatic rings. The van der Waals surface area contributed by atoms with Crippen LogP contribution in [0.4, 0.5) is 5.82 Å². The zero-order valence-corrected chi connectivity index (χ0v) is 11.6. The van der Waals surface area contributed by atoms with E-state index in [-0.39, 0.29) is 5.75 Å². The van der Waals surface area contributed by atoms with E-state index in [0.29, 0.717) is 5.82 Å². The van der Waals surface area contributed by atoms with E-state index in [1.54, 1.807) is 12.1 Å². The highest BCUT2D eigenvalue weighted by Crippen LogP contribution is 2.23. The molecule has 0 aliphatic heterocycles. The van der Waals surface area contributed by atoms with Gasteiger partial charge in [-0.1, -0.05) is 6.92 Å². The first kappa shape index (κ1) is 13.3. The third-order valence-corrected chi connectivity index (χ3v) is 3.05. The van der Waals surface area contributed by atoms with Crippen LogP contribution in [0, 0.1) is 6.92 Å². The van der Waals surface area contributed by atoms with Gasteiger partial charge in [0.2, 0.25) is 0 Å². The third kappa shape index (κ3) is 2.84. The smallest absolute Gasteiger partial charge is 0.161 e. The van der Waals surface area contributed by atoms with Gasteiger partial charge in [-0.05, 0) is 44.5 Å². The van der Waals surface area contributed by atoms with Crippen LogP contribution in [-0.4, -0.2) is 21.6 Å². The summed E-state index contributed by atoms with van der Waals surface area (Å²) in [4.78, 5) is 9.17. The molecule has 0 radical (unpaired) electrons. The number of rotatable bonds is 4. The molecule has 0 saturated heterocycles. The van der Waals surface area contributed by atoms with Crippen molar-refractivity contribution in [2.24, 2.45) is 0 Å². The Bertz CT molecular complexity index is 564. The van der Waals surface area contributed by atoms with Gasteiger partial charge in [-0.2, -0.15) is 0 Å². The lowest BCUT2D eigenvalue weighted by atomic mass is 10.1. The van der Waals surface area contributed by atoms with Crippen molar-refractivity contribution in [2.75, 3.05) is 11.9 Å². The van der Waals surface area contributed by atoms with Crippen molar-refractivity contribution in [3.8, 4) is 17.1 Å². The Kier molecular flexibility index (Phi) is 4.00. The van der Waals surface area contributed by atoms with E-state index in [1.807, 2.05) is 26.0 Å². The molecule has 1 aromatic heterocycles. The Morgan fingerprint density at radius 3 is 2.37 bits per heavy atom. The quantitative estimate of drug-likeness (QED) is 0.883.